The molecule has 0 saturated carbocycles. The Morgan fingerprint density at radius 3 is 2.08 bits per heavy atom. The number of methoxy groups -OCH3 is 2. The SMILES string of the molecule is COc1c(C)c(C)c(OC)c(C(C)CCc2ccc(O)cc2O)c1C. The number of phenolic OH excluding ortho intramolecular Hbond substituents is 2. The molecule has 2 rings (SSSR count). The molecule has 0 amide bonds. The van der Waals surface area contributed by atoms with E-state index in [9.17, 15) is 10.2 Å². The highest BCUT2D eigenvalue weighted by atomic mass is 16.5. The molecule has 0 fully saturated rings. The van der Waals surface area contributed by atoms with Gasteiger partial charge < -0.3 is 19.7 Å². The molecule has 0 aliphatic rings. The van der Waals surface area contributed by atoms with Crippen molar-refractivity contribution in [2.45, 2.75) is 46.5 Å². The number of hydrogen-bond donors (Lipinski definition) is 2. The summed E-state index contributed by atoms with van der Waals surface area (Å²) >= 11 is 0. The minimum absolute atomic E-state index is 0.0747. The summed E-state index contributed by atoms with van der Waals surface area (Å²) in [5, 5.41) is 19.4. The van der Waals surface area contributed by atoms with Gasteiger partial charge in [-0.25, -0.2) is 0 Å². The zero-order valence-electron chi connectivity index (χ0n) is 15.9. The highest BCUT2D eigenvalue weighted by Crippen LogP contribution is 2.42. The maximum absolute atomic E-state index is 9.99. The standard InChI is InChI=1S/C21H28O4/c1-12(7-8-16-9-10-17(22)11-18(16)23)19-15(4)20(24-5)13(2)14(3)21(19)25-6/h9-12,22-23H,7-8H2,1-6H3. The molecule has 1 unspecified atom stereocenters. The first-order valence-electron chi connectivity index (χ1n) is 8.54. The Kier molecular flexibility index (Phi) is 5.83. The predicted octanol–water partition coefficient (Wildman–Crippen LogP) is 4.78. The van der Waals surface area contributed by atoms with Crippen LogP contribution in [0.5, 0.6) is 23.0 Å². The molecule has 4 nitrogen and oxygen atoms in total. The van der Waals surface area contributed by atoms with Gasteiger partial charge in [0.25, 0.3) is 0 Å². The van der Waals surface area contributed by atoms with Crippen LogP contribution >= 0.6 is 0 Å². The summed E-state index contributed by atoms with van der Waals surface area (Å²) < 4.78 is 11.3. The Labute approximate surface area is 150 Å². The molecule has 0 aromatic heterocycles. The van der Waals surface area contributed by atoms with Crippen molar-refractivity contribution in [3.05, 3.63) is 46.0 Å². The lowest BCUT2D eigenvalue weighted by atomic mass is 9.86. The first kappa shape index (κ1) is 19.0. The quantitative estimate of drug-likeness (QED) is 0.792. The maximum Gasteiger partial charge on any atom is 0.126 e. The molecule has 0 bridgehead atoms. The lowest BCUT2D eigenvalue weighted by molar-refractivity contribution is 0.386. The van der Waals surface area contributed by atoms with E-state index in [-0.39, 0.29) is 17.4 Å². The van der Waals surface area contributed by atoms with Crippen LogP contribution in [0, 0.1) is 20.8 Å². The van der Waals surface area contributed by atoms with Gasteiger partial charge in [-0.3, -0.25) is 0 Å². The van der Waals surface area contributed by atoms with Gasteiger partial charge in [0.2, 0.25) is 0 Å². The van der Waals surface area contributed by atoms with E-state index in [4.69, 9.17) is 9.47 Å². The van der Waals surface area contributed by atoms with Crippen molar-refractivity contribution < 1.29 is 19.7 Å². The fourth-order valence-electron chi connectivity index (χ4n) is 3.56. The van der Waals surface area contributed by atoms with E-state index < -0.39 is 0 Å². The van der Waals surface area contributed by atoms with Crippen molar-refractivity contribution in [2.24, 2.45) is 0 Å². The van der Waals surface area contributed by atoms with Crippen LogP contribution in [0.1, 0.15) is 47.1 Å². The second kappa shape index (κ2) is 7.68. The summed E-state index contributed by atoms with van der Waals surface area (Å²) in [7, 11) is 3.40. The molecule has 136 valence electrons. The van der Waals surface area contributed by atoms with Gasteiger partial charge in [-0.05, 0) is 67.9 Å². The molecule has 0 spiro atoms. The van der Waals surface area contributed by atoms with Crippen LogP contribution in [0.2, 0.25) is 0 Å². The molecule has 0 heterocycles. The maximum atomic E-state index is 9.99. The van der Waals surface area contributed by atoms with E-state index >= 15 is 0 Å². The first-order valence-corrected chi connectivity index (χ1v) is 8.54. The zero-order valence-corrected chi connectivity index (χ0v) is 15.9. The molecule has 2 N–H and O–H groups in total. The summed E-state index contributed by atoms with van der Waals surface area (Å²) in [5.74, 6) is 2.27. The number of phenols is 2. The Morgan fingerprint density at radius 1 is 0.920 bits per heavy atom. The van der Waals surface area contributed by atoms with Gasteiger partial charge in [-0.15, -0.1) is 0 Å². The molecule has 4 heteroatoms. The second-order valence-electron chi connectivity index (χ2n) is 6.61. The smallest absolute Gasteiger partial charge is 0.126 e. The number of ether oxygens (including phenoxy) is 2. The number of aromatic hydroxyl groups is 2. The molecule has 0 radical (unpaired) electrons. The van der Waals surface area contributed by atoms with Crippen molar-refractivity contribution in [3.8, 4) is 23.0 Å². The fraction of sp³-hybridized carbons (Fsp3) is 0.429. The number of rotatable bonds is 6. The summed E-state index contributed by atoms with van der Waals surface area (Å²) in [6, 6.07) is 4.75. The van der Waals surface area contributed by atoms with E-state index in [1.54, 1.807) is 26.4 Å². The van der Waals surface area contributed by atoms with Gasteiger partial charge in [-0.1, -0.05) is 13.0 Å². The lowest BCUT2D eigenvalue weighted by Gasteiger charge is -2.24. The molecular weight excluding hydrogens is 316 g/mol. The Hall–Kier alpha value is -2.36. The minimum Gasteiger partial charge on any atom is -0.508 e. The minimum atomic E-state index is 0.0747. The van der Waals surface area contributed by atoms with Crippen molar-refractivity contribution >= 4 is 0 Å². The largest absolute Gasteiger partial charge is 0.508 e. The molecule has 0 saturated heterocycles. The van der Waals surface area contributed by atoms with Crippen LogP contribution in [0.4, 0.5) is 0 Å². The van der Waals surface area contributed by atoms with Gasteiger partial charge in [0.15, 0.2) is 0 Å². The number of benzene rings is 2. The van der Waals surface area contributed by atoms with E-state index in [2.05, 4.69) is 20.8 Å². The average Bonchev–Trinajstić information content (AvgIpc) is 2.57. The van der Waals surface area contributed by atoms with Crippen LogP contribution in [0.3, 0.4) is 0 Å². The third-order valence-electron chi connectivity index (χ3n) is 5.05. The zero-order chi connectivity index (χ0) is 18.7. The normalized spacial score (nSPS) is 12.1. The highest BCUT2D eigenvalue weighted by Gasteiger charge is 2.22. The fourth-order valence-corrected chi connectivity index (χ4v) is 3.56. The van der Waals surface area contributed by atoms with E-state index in [1.807, 2.05) is 6.92 Å². The molecule has 2 aromatic rings. The van der Waals surface area contributed by atoms with Crippen LogP contribution in [0.25, 0.3) is 0 Å². The van der Waals surface area contributed by atoms with Crippen molar-refractivity contribution in [1.29, 1.82) is 0 Å². The Bertz CT molecular complexity index is 765. The topological polar surface area (TPSA) is 58.9 Å². The molecule has 25 heavy (non-hydrogen) atoms. The van der Waals surface area contributed by atoms with Crippen molar-refractivity contribution in [1.82, 2.24) is 0 Å². The van der Waals surface area contributed by atoms with Gasteiger partial charge >= 0.3 is 0 Å². The monoisotopic (exact) mass is 344 g/mol. The van der Waals surface area contributed by atoms with Crippen LogP contribution < -0.4 is 9.47 Å². The summed E-state index contributed by atoms with van der Waals surface area (Å²) in [6.07, 6.45) is 1.56. The molecule has 1 atom stereocenters. The van der Waals surface area contributed by atoms with Crippen LogP contribution in [0.15, 0.2) is 18.2 Å². The van der Waals surface area contributed by atoms with Gasteiger partial charge in [-0.2, -0.15) is 0 Å². The van der Waals surface area contributed by atoms with Crippen LogP contribution in [-0.4, -0.2) is 24.4 Å². The van der Waals surface area contributed by atoms with Crippen LogP contribution in [-0.2, 0) is 6.42 Å². The van der Waals surface area contributed by atoms with Gasteiger partial charge in [0, 0.05) is 11.6 Å². The third kappa shape index (κ3) is 3.68. The van der Waals surface area contributed by atoms with Gasteiger partial charge in [0.1, 0.15) is 23.0 Å². The molecule has 0 aliphatic carbocycles. The van der Waals surface area contributed by atoms with E-state index in [1.165, 1.54) is 6.07 Å². The summed E-state index contributed by atoms with van der Waals surface area (Å²) in [5.41, 5.74) is 5.28. The lowest BCUT2D eigenvalue weighted by Crippen LogP contribution is -2.07. The predicted molar refractivity (Wildman–Crippen MR) is 100 cm³/mol. The number of aryl methyl sites for hydroxylation is 1. The second-order valence-corrected chi connectivity index (χ2v) is 6.61. The van der Waals surface area contributed by atoms with Crippen molar-refractivity contribution in [3.63, 3.8) is 0 Å². The average molecular weight is 344 g/mol. The summed E-state index contributed by atoms with van der Waals surface area (Å²) in [4.78, 5) is 0. The molecular formula is C21H28O4. The van der Waals surface area contributed by atoms with Gasteiger partial charge in [0.05, 0.1) is 14.2 Å². The first-order chi connectivity index (χ1) is 11.8. The molecule has 0 aliphatic heterocycles. The number of hydrogen-bond acceptors (Lipinski definition) is 4. The third-order valence-corrected chi connectivity index (χ3v) is 5.05. The Morgan fingerprint density at radius 2 is 1.52 bits per heavy atom. The van der Waals surface area contributed by atoms with E-state index in [0.29, 0.717) is 6.42 Å². The summed E-state index contributed by atoms with van der Waals surface area (Å²) in [6.45, 7) is 8.33. The van der Waals surface area contributed by atoms with Crippen molar-refractivity contribution in [2.75, 3.05) is 14.2 Å². The highest BCUT2D eigenvalue weighted by molar-refractivity contribution is 5.59. The van der Waals surface area contributed by atoms with E-state index in [0.717, 1.165) is 45.7 Å². The molecule has 2 aromatic carbocycles. The Balaban J connectivity index is 2.35.